The minimum atomic E-state index is 0.165. The minimum absolute atomic E-state index is 0.165. The molecule has 0 amide bonds. The molecule has 2 aromatic rings. The van der Waals surface area contributed by atoms with E-state index in [2.05, 4.69) is 37.1 Å². The Balaban J connectivity index is 2.46. The molecule has 2 aromatic carbocycles. The predicted octanol–water partition coefficient (Wildman–Crippen LogP) is 4.51. The van der Waals surface area contributed by atoms with Gasteiger partial charge in [-0.3, -0.25) is 0 Å². The first-order chi connectivity index (χ1) is 10.6. The van der Waals surface area contributed by atoms with Crippen LogP contribution in [0.1, 0.15) is 25.8 Å². The molecule has 0 saturated carbocycles. The highest BCUT2D eigenvalue weighted by atomic mass is 15.1. The van der Waals surface area contributed by atoms with Crippen LogP contribution in [0.3, 0.4) is 0 Å². The molecule has 0 N–H and O–H groups in total. The molecule has 0 heterocycles. The fraction of sp³-hybridized carbons (Fsp3) is 0.263. The fourth-order valence-corrected chi connectivity index (χ4v) is 2.51. The molecule has 3 heteroatoms. The molecule has 0 fully saturated rings. The van der Waals surface area contributed by atoms with Crippen molar-refractivity contribution < 1.29 is 0 Å². The number of hydrogen-bond donors (Lipinski definition) is 0. The van der Waals surface area contributed by atoms with Gasteiger partial charge in [0.1, 0.15) is 17.7 Å². The SMILES string of the molecule is CCCN(C)c1ccc2cc(C(C)=C(C#N)C#N)ccc2c1. The van der Waals surface area contributed by atoms with Gasteiger partial charge in [-0.15, -0.1) is 0 Å². The van der Waals surface area contributed by atoms with Crippen molar-refractivity contribution in [2.45, 2.75) is 20.3 Å². The standard InChI is InChI=1S/C19H19N3/c1-4-9-22(3)19-8-7-16-10-15(5-6-17(16)11-19)14(2)18(12-20)13-21/h5-8,10-11H,4,9H2,1-3H3. The van der Waals surface area contributed by atoms with Crippen molar-refractivity contribution in [1.29, 1.82) is 10.5 Å². The average molecular weight is 289 g/mol. The van der Waals surface area contributed by atoms with Crippen LogP contribution in [0.2, 0.25) is 0 Å². The van der Waals surface area contributed by atoms with E-state index < -0.39 is 0 Å². The molecular weight excluding hydrogens is 270 g/mol. The van der Waals surface area contributed by atoms with Crippen LogP contribution in [0.5, 0.6) is 0 Å². The van der Waals surface area contributed by atoms with Crippen LogP contribution < -0.4 is 4.90 Å². The highest BCUT2D eigenvalue weighted by Gasteiger charge is 2.06. The maximum Gasteiger partial charge on any atom is 0.133 e. The van der Waals surface area contributed by atoms with Crippen molar-refractivity contribution in [3.05, 3.63) is 47.5 Å². The summed E-state index contributed by atoms with van der Waals surface area (Å²) in [6.45, 7) is 5.01. The Kier molecular flexibility index (Phi) is 4.81. The molecule has 0 aromatic heterocycles. The maximum atomic E-state index is 8.98. The summed E-state index contributed by atoms with van der Waals surface area (Å²) in [4.78, 5) is 2.24. The highest BCUT2D eigenvalue weighted by molar-refractivity contribution is 5.89. The zero-order chi connectivity index (χ0) is 16.1. The lowest BCUT2D eigenvalue weighted by Crippen LogP contribution is -2.17. The average Bonchev–Trinajstić information content (AvgIpc) is 2.55. The van der Waals surface area contributed by atoms with Crippen LogP contribution in [-0.4, -0.2) is 13.6 Å². The van der Waals surface area contributed by atoms with Crippen molar-refractivity contribution in [1.82, 2.24) is 0 Å². The molecule has 0 aliphatic rings. The molecule has 3 nitrogen and oxygen atoms in total. The quantitative estimate of drug-likeness (QED) is 0.778. The number of allylic oxidation sites excluding steroid dienone is 2. The van der Waals surface area contributed by atoms with E-state index in [1.807, 2.05) is 37.3 Å². The Hall–Kier alpha value is -2.78. The van der Waals surface area contributed by atoms with Crippen LogP contribution in [0.4, 0.5) is 5.69 Å². The van der Waals surface area contributed by atoms with E-state index in [0.29, 0.717) is 0 Å². The van der Waals surface area contributed by atoms with Crippen molar-refractivity contribution in [2.75, 3.05) is 18.5 Å². The zero-order valence-corrected chi connectivity index (χ0v) is 13.2. The lowest BCUT2D eigenvalue weighted by molar-refractivity contribution is 0.853. The van der Waals surface area contributed by atoms with Crippen molar-refractivity contribution in [2.24, 2.45) is 0 Å². The molecular formula is C19H19N3. The number of nitriles is 2. The van der Waals surface area contributed by atoms with Gasteiger partial charge in [0.2, 0.25) is 0 Å². The minimum Gasteiger partial charge on any atom is -0.375 e. The van der Waals surface area contributed by atoms with Gasteiger partial charge in [0.05, 0.1) is 0 Å². The number of fused-ring (bicyclic) bond motifs is 1. The van der Waals surface area contributed by atoms with Crippen LogP contribution in [0.15, 0.2) is 42.0 Å². The third kappa shape index (κ3) is 3.10. The Bertz CT molecular complexity index is 788. The summed E-state index contributed by atoms with van der Waals surface area (Å²) in [5.74, 6) is 0. The second-order valence-corrected chi connectivity index (χ2v) is 5.39. The van der Waals surface area contributed by atoms with Gasteiger partial charge < -0.3 is 4.90 Å². The monoisotopic (exact) mass is 289 g/mol. The van der Waals surface area contributed by atoms with Crippen molar-refractivity contribution in [3.8, 4) is 12.1 Å². The van der Waals surface area contributed by atoms with E-state index in [4.69, 9.17) is 10.5 Å². The van der Waals surface area contributed by atoms with Crippen molar-refractivity contribution in [3.63, 3.8) is 0 Å². The van der Waals surface area contributed by atoms with E-state index in [1.54, 1.807) is 0 Å². The summed E-state index contributed by atoms with van der Waals surface area (Å²) in [6.07, 6.45) is 1.11. The summed E-state index contributed by atoms with van der Waals surface area (Å²) in [5.41, 5.74) is 3.00. The van der Waals surface area contributed by atoms with Crippen LogP contribution in [-0.2, 0) is 0 Å². The van der Waals surface area contributed by atoms with Crippen LogP contribution >= 0.6 is 0 Å². The van der Waals surface area contributed by atoms with Gasteiger partial charge in [0.15, 0.2) is 0 Å². The van der Waals surface area contributed by atoms with Gasteiger partial charge in [0, 0.05) is 19.3 Å². The first-order valence-corrected chi connectivity index (χ1v) is 7.37. The van der Waals surface area contributed by atoms with Gasteiger partial charge in [-0.2, -0.15) is 10.5 Å². The Morgan fingerprint density at radius 2 is 1.68 bits per heavy atom. The van der Waals surface area contributed by atoms with Gasteiger partial charge in [-0.25, -0.2) is 0 Å². The van der Waals surface area contributed by atoms with Gasteiger partial charge >= 0.3 is 0 Å². The number of benzene rings is 2. The summed E-state index contributed by atoms with van der Waals surface area (Å²) in [6, 6.07) is 16.3. The summed E-state index contributed by atoms with van der Waals surface area (Å²) in [5, 5.41) is 20.2. The molecule has 22 heavy (non-hydrogen) atoms. The second kappa shape index (κ2) is 6.78. The first-order valence-electron chi connectivity index (χ1n) is 7.37. The summed E-state index contributed by atoms with van der Waals surface area (Å²) in [7, 11) is 2.10. The Morgan fingerprint density at radius 1 is 1.05 bits per heavy atom. The van der Waals surface area contributed by atoms with Crippen molar-refractivity contribution >= 4 is 22.0 Å². The van der Waals surface area contributed by atoms with E-state index >= 15 is 0 Å². The molecule has 2 rings (SSSR count). The Labute approximate surface area is 131 Å². The number of rotatable bonds is 4. The van der Waals surface area contributed by atoms with E-state index in [1.165, 1.54) is 5.69 Å². The largest absolute Gasteiger partial charge is 0.375 e. The predicted molar refractivity (Wildman–Crippen MR) is 91.3 cm³/mol. The molecule has 0 saturated heterocycles. The van der Waals surface area contributed by atoms with E-state index in [0.717, 1.165) is 34.9 Å². The molecule has 0 bridgehead atoms. The fourth-order valence-electron chi connectivity index (χ4n) is 2.51. The third-order valence-corrected chi connectivity index (χ3v) is 3.86. The normalized spacial score (nSPS) is 9.86. The smallest absolute Gasteiger partial charge is 0.133 e. The van der Waals surface area contributed by atoms with Gasteiger partial charge in [-0.1, -0.05) is 25.1 Å². The first kappa shape index (κ1) is 15.6. The molecule has 0 atom stereocenters. The maximum absolute atomic E-state index is 8.98. The molecule has 0 spiro atoms. The highest BCUT2D eigenvalue weighted by Crippen LogP contribution is 2.26. The molecule has 0 radical (unpaired) electrons. The van der Waals surface area contributed by atoms with Gasteiger partial charge in [0.25, 0.3) is 0 Å². The molecule has 0 unspecified atom stereocenters. The van der Waals surface area contributed by atoms with Crippen LogP contribution in [0.25, 0.3) is 16.3 Å². The lowest BCUT2D eigenvalue weighted by atomic mass is 9.99. The topological polar surface area (TPSA) is 50.8 Å². The van der Waals surface area contributed by atoms with E-state index in [-0.39, 0.29) is 5.57 Å². The third-order valence-electron chi connectivity index (χ3n) is 3.86. The zero-order valence-electron chi connectivity index (χ0n) is 13.2. The Morgan fingerprint density at radius 3 is 2.32 bits per heavy atom. The summed E-state index contributed by atoms with van der Waals surface area (Å²) >= 11 is 0. The number of nitrogens with zero attached hydrogens (tertiary/aromatic N) is 3. The molecule has 0 aliphatic carbocycles. The van der Waals surface area contributed by atoms with Gasteiger partial charge in [-0.05, 0) is 53.5 Å². The number of anilines is 1. The summed E-state index contributed by atoms with van der Waals surface area (Å²) < 4.78 is 0. The van der Waals surface area contributed by atoms with Crippen LogP contribution in [0, 0.1) is 22.7 Å². The molecule has 0 aliphatic heterocycles. The number of hydrogen-bond acceptors (Lipinski definition) is 3. The molecule has 110 valence electrons. The second-order valence-electron chi connectivity index (χ2n) is 5.39. The lowest BCUT2D eigenvalue weighted by Gasteiger charge is -2.19. The van der Waals surface area contributed by atoms with E-state index in [9.17, 15) is 0 Å².